The first kappa shape index (κ1) is 13.9. The Balaban J connectivity index is 2.17. The fourth-order valence-electron chi connectivity index (χ4n) is 2.50. The number of halogens is 1. The second-order valence-electron chi connectivity index (χ2n) is 4.88. The van der Waals surface area contributed by atoms with Gasteiger partial charge in [-0.1, -0.05) is 11.2 Å². The highest BCUT2D eigenvalue weighted by molar-refractivity contribution is 6.16. The summed E-state index contributed by atoms with van der Waals surface area (Å²) in [6, 6.07) is 5.86. The lowest BCUT2D eigenvalue weighted by molar-refractivity contribution is 0.392. The van der Waals surface area contributed by atoms with E-state index in [2.05, 4.69) is 14.7 Å². The Morgan fingerprint density at radius 2 is 2.14 bits per heavy atom. The normalized spacial score (nSPS) is 11.2. The molecule has 0 aliphatic rings. The average molecular weight is 306 g/mol. The van der Waals surface area contributed by atoms with E-state index in [4.69, 9.17) is 20.9 Å². The van der Waals surface area contributed by atoms with Crippen LogP contribution in [0.5, 0.6) is 5.75 Å². The largest absolute Gasteiger partial charge is 0.494 e. The molecule has 3 rings (SSSR count). The Kier molecular flexibility index (Phi) is 3.59. The van der Waals surface area contributed by atoms with E-state index in [1.165, 1.54) is 0 Å². The van der Waals surface area contributed by atoms with E-state index in [0.29, 0.717) is 12.4 Å². The van der Waals surface area contributed by atoms with E-state index in [9.17, 15) is 0 Å². The number of hydrogen-bond donors (Lipinski definition) is 0. The van der Waals surface area contributed by atoms with Crippen molar-refractivity contribution in [1.82, 2.24) is 14.7 Å². The Bertz CT molecular complexity index is 772. The van der Waals surface area contributed by atoms with Crippen molar-refractivity contribution in [3.63, 3.8) is 0 Å². The number of aromatic nitrogens is 3. The zero-order valence-corrected chi connectivity index (χ0v) is 12.9. The summed E-state index contributed by atoms with van der Waals surface area (Å²) in [4.78, 5) is 4.60. The second-order valence-corrected chi connectivity index (χ2v) is 5.15. The monoisotopic (exact) mass is 305 g/mol. The smallest absolute Gasteiger partial charge is 0.146 e. The van der Waals surface area contributed by atoms with E-state index in [-0.39, 0.29) is 0 Å². The van der Waals surface area contributed by atoms with Crippen molar-refractivity contribution in [1.29, 1.82) is 0 Å². The number of alkyl halides is 1. The highest BCUT2D eigenvalue weighted by Crippen LogP contribution is 2.28. The van der Waals surface area contributed by atoms with Crippen LogP contribution in [0.1, 0.15) is 22.8 Å². The molecule has 0 amide bonds. The molecule has 0 aliphatic heterocycles. The van der Waals surface area contributed by atoms with Crippen molar-refractivity contribution in [2.24, 2.45) is 0 Å². The van der Waals surface area contributed by atoms with Gasteiger partial charge in [-0.25, -0.2) is 4.98 Å². The van der Waals surface area contributed by atoms with Gasteiger partial charge in [0.25, 0.3) is 0 Å². The lowest BCUT2D eigenvalue weighted by Gasteiger charge is -2.07. The number of rotatable bonds is 4. The molecule has 5 nitrogen and oxygen atoms in total. The third kappa shape index (κ3) is 2.27. The van der Waals surface area contributed by atoms with Gasteiger partial charge < -0.3 is 13.8 Å². The number of nitrogens with zero attached hydrogens (tertiary/aromatic N) is 3. The van der Waals surface area contributed by atoms with Gasteiger partial charge in [0.15, 0.2) is 0 Å². The van der Waals surface area contributed by atoms with Gasteiger partial charge in [-0.2, -0.15) is 0 Å². The summed E-state index contributed by atoms with van der Waals surface area (Å²) in [7, 11) is 1.64. The Hall–Kier alpha value is -2.01. The van der Waals surface area contributed by atoms with Crippen LogP contribution in [0.4, 0.5) is 0 Å². The predicted molar refractivity (Wildman–Crippen MR) is 80.9 cm³/mol. The van der Waals surface area contributed by atoms with E-state index in [0.717, 1.165) is 39.6 Å². The highest BCUT2D eigenvalue weighted by Gasteiger charge is 2.17. The topological polar surface area (TPSA) is 53.1 Å². The first-order valence-corrected chi connectivity index (χ1v) is 7.19. The molecule has 0 saturated carbocycles. The molecule has 0 atom stereocenters. The summed E-state index contributed by atoms with van der Waals surface area (Å²) < 4.78 is 12.7. The zero-order chi connectivity index (χ0) is 15.0. The summed E-state index contributed by atoms with van der Waals surface area (Å²) in [6.45, 7) is 4.48. The molecule has 0 fully saturated rings. The van der Waals surface area contributed by atoms with Gasteiger partial charge in [-0.15, -0.1) is 11.6 Å². The molecule has 21 heavy (non-hydrogen) atoms. The molecular formula is C15H16ClN3O2. The van der Waals surface area contributed by atoms with E-state index in [1.54, 1.807) is 7.11 Å². The molecule has 0 spiro atoms. The van der Waals surface area contributed by atoms with Crippen LogP contribution < -0.4 is 4.74 Å². The average Bonchev–Trinajstić information content (AvgIpc) is 3.02. The number of methoxy groups -OCH3 is 1. The molecule has 0 aliphatic carbocycles. The van der Waals surface area contributed by atoms with Crippen LogP contribution in [0.15, 0.2) is 22.7 Å². The summed E-state index contributed by atoms with van der Waals surface area (Å²) in [5.74, 6) is 2.70. The Labute approximate surface area is 127 Å². The van der Waals surface area contributed by atoms with Gasteiger partial charge in [-0.05, 0) is 26.0 Å². The van der Waals surface area contributed by atoms with Crippen molar-refractivity contribution in [2.45, 2.75) is 26.3 Å². The zero-order valence-electron chi connectivity index (χ0n) is 12.2. The number of ether oxygens (including phenoxy) is 1. The third-order valence-electron chi connectivity index (χ3n) is 3.66. The Morgan fingerprint density at radius 1 is 1.33 bits per heavy atom. The van der Waals surface area contributed by atoms with Crippen molar-refractivity contribution in [2.75, 3.05) is 7.11 Å². The standard InChI is InChI=1S/C15H16ClN3O2/c1-9-11(10(2)21-18-9)8-19-12-5-4-6-13(20-3)15(12)17-14(19)7-16/h4-6H,7-8H2,1-3H3. The van der Waals surface area contributed by atoms with Crippen molar-refractivity contribution >= 4 is 22.6 Å². The van der Waals surface area contributed by atoms with Crippen molar-refractivity contribution in [3.8, 4) is 5.75 Å². The van der Waals surface area contributed by atoms with Crippen LogP contribution in [0.3, 0.4) is 0 Å². The number of para-hydroxylation sites is 1. The maximum atomic E-state index is 6.06. The molecule has 0 radical (unpaired) electrons. The molecule has 0 saturated heterocycles. The molecular weight excluding hydrogens is 290 g/mol. The van der Waals surface area contributed by atoms with Crippen LogP contribution in [-0.2, 0) is 12.4 Å². The third-order valence-corrected chi connectivity index (χ3v) is 3.90. The lowest BCUT2D eigenvalue weighted by Crippen LogP contribution is -2.05. The maximum Gasteiger partial charge on any atom is 0.146 e. The van der Waals surface area contributed by atoms with Crippen LogP contribution in [0.2, 0.25) is 0 Å². The van der Waals surface area contributed by atoms with Gasteiger partial charge in [-0.3, -0.25) is 0 Å². The van der Waals surface area contributed by atoms with E-state index >= 15 is 0 Å². The number of imidazole rings is 1. The predicted octanol–water partition coefficient (Wildman–Crippen LogP) is 3.44. The molecule has 6 heteroatoms. The van der Waals surface area contributed by atoms with Gasteiger partial charge in [0, 0.05) is 5.56 Å². The van der Waals surface area contributed by atoms with E-state index in [1.807, 2.05) is 32.0 Å². The van der Waals surface area contributed by atoms with Gasteiger partial charge >= 0.3 is 0 Å². The number of benzene rings is 1. The second kappa shape index (κ2) is 5.41. The summed E-state index contributed by atoms with van der Waals surface area (Å²) in [6.07, 6.45) is 0. The fourth-order valence-corrected chi connectivity index (χ4v) is 2.70. The van der Waals surface area contributed by atoms with E-state index < -0.39 is 0 Å². The quantitative estimate of drug-likeness (QED) is 0.693. The summed E-state index contributed by atoms with van der Waals surface area (Å²) in [5, 5.41) is 4.00. The van der Waals surface area contributed by atoms with Crippen LogP contribution in [-0.4, -0.2) is 21.8 Å². The fraction of sp³-hybridized carbons (Fsp3) is 0.333. The lowest BCUT2D eigenvalue weighted by atomic mass is 10.2. The SMILES string of the molecule is COc1cccc2c1nc(CCl)n2Cc1c(C)noc1C. The van der Waals surface area contributed by atoms with Crippen LogP contribution >= 0.6 is 11.6 Å². The van der Waals surface area contributed by atoms with Gasteiger partial charge in [0.1, 0.15) is 22.9 Å². The van der Waals surface area contributed by atoms with Crippen LogP contribution in [0.25, 0.3) is 11.0 Å². The molecule has 1 aromatic carbocycles. The first-order chi connectivity index (χ1) is 10.2. The Morgan fingerprint density at radius 3 is 2.76 bits per heavy atom. The molecule has 2 aromatic heterocycles. The molecule has 3 aromatic rings. The number of fused-ring (bicyclic) bond motifs is 1. The summed E-state index contributed by atoms with van der Waals surface area (Å²) >= 11 is 6.06. The molecule has 0 unspecified atom stereocenters. The minimum Gasteiger partial charge on any atom is -0.494 e. The minimum absolute atomic E-state index is 0.335. The minimum atomic E-state index is 0.335. The number of hydrogen-bond acceptors (Lipinski definition) is 4. The van der Waals surface area contributed by atoms with Crippen LogP contribution in [0, 0.1) is 13.8 Å². The molecule has 110 valence electrons. The maximum absolute atomic E-state index is 6.06. The summed E-state index contributed by atoms with van der Waals surface area (Å²) in [5.41, 5.74) is 3.76. The molecule has 0 bridgehead atoms. The molecule has 2 heterocycles. The first-order valence-electron chi connectivity index (χ1n) is 6.65. The van der Waals surface area contributed by atoms with Gasteiger partial charge in [0.2, 0.25) is 0 Å². The van der Waals surface area contributed by atoms with Crippen molar-refractivity contribution < 1.29 is 9.26 Å². The molecule has 0 N–H and O–H groups in total. The van der Waals surface area contributed by atoms with Gasteiger partial charge in [0.05, 0.1) is 30.7 Å². The number of aryl methyl sites for hydroxylation is 2. The highest BCUT2D eigenvalue weighted by atomic mass is 35.5. The van der Waals surface area contributed by atoms with Crippen molar-refractivity contribution in [3.05, 3.63) is 41.0 Å².